The van der Waals surface area contributed by atoms with Gasteiger partial charge in [-0.3, -0.25) is 9.59 Å². The molecule has 2 amide bonds. The van der Waals surface area contributed by atoms with E-state index in [0.29, 0.717) is 0 Å². The smallest absolute Gasteiger partial charge is 0.357 e. The number of nitrogens with one attached hydrogen (secondary N) is 2. The molecule has 0 unspecified atom stereocenters. The van der Waals surface area contributed by atoms with Gasteiger partial charge in [0.1, 0.15) is 6.04 Å². The number of halogens is 3. The number of alkyl halides is 3. The summed E-state index contributed by atoms with van der Waals surface area (Å²) < 4.78 is 36.1. The fourth-order valence-corrected chi connectivity index (χ4v) is 1.03. The van der Waals surface area contributed by atoms with Crippen LogP contribution >= 0.6 is 0 Å². The Balaban J connectivity index is 4.84. The van der Waals surface area contributed by atoms with Crippen molar-refractivity contribution in [2.45, 2.75) is 33.0 Å². The van der Waals surface area contributed by atoms with Crippen LogP contribution in [0.25, 0.3) is 0 Å². The first-order chi connectivity index (χ1) is 7.00. The van der Waals surface area contributed by atoms with Crippen LogP contribution in [-0.2, 0) is 9.59 Å². The number of hydrogen-bond acceptors (Lipinski definition) is 2. The van der Waals surface area contributed by atoms with Gasteiger partial charge >= 0.3 is 12.1 Å². The molecule has 0 fully saturated rings. The molecule has 0 spiro atoms. The molecule has 16 heavy (non-hydrogen) atoms. The van der Waals surface area contributed by atoms with Crippen LogP contribution in [0.1, 0.15) is 20.8 Å². The number of amides is 2. The van der Waals surface area contributed by atoms with E-state index in [1.54, 1.807) is 26.1 Å². The first-order valence-electron chi connectivity index (χ1n) is 4.59. The summed E-state index contributed by atoms with van der Waals surface area (Å²) in [6.45, 7) is 4.68. The third kappa shape index (κ3) is 4.08. The minimum atomic E-state index is -4.99. The lowest BCUT2D eigenvalue weighted by molar-refractivity contribution is -0.175. The van der Waals surface area contributed by atoms with Gasteiger partial charge in [0.25, 0.3) is 0 Å². The summed E-state index contributed by atoms with van der Waals surface area (Å²) in [5, 5.41) is 3.88. The standard InChI is InChI=1S/C9H15F3N2O2/c1-8(2,3)5(6(15)13-4)14-7(16)9(10,11)12/h5H,1-4H3,(H,13,15)(H,14,16)/t5-/m1/s1. The molecular formula is C9H15F3N2O2. The quantitative estimate of drug-likeness (QED) is 0.751. The Bertz CT molecular complexity index is 281. The van der Waals surface area contributed by atoms with Gasteiger partial charge in [-0.15, -0.1) is 0 Å². The van der Waals surface area contributed by atoms with Crippen LogP contribution in [0.2, 0.25) is 0 Å². The molecule has 0 aliphatic rings. The summed E-state index contributed by atoms with van der Waals surface area (Å²) in [5.74, 6) is -2.78. The Morgan fingerprint density at radius 3 is 1.81 bits per heavy atom. The molecule has 0 bridgehead atoms. The summed E-state index contributed by atoms with van der Waals surface area (Å²) >= 11 is 0. The highest BCUT2D eigenvalue weighted by Gasteiger charge is 2.43. The van der Waals surface area contributed by atoms with Crippen LogP contribution in [-0.4, -0.2) is 31.1 Å². The Morgan fingerprint density at radius 2 is 1.56 bits per heavy atom. The van der Waals surface area contributed by atoms with Gasteiger partial charge in [0, 0.05) is 7.05 Å². The predicted molar refractivity (Wildman–Crippen MR) is 51.5 cm³/mol. The van der Waals surface area contributed by atoms with E-state index in [-0.39, 0.29) is 0 Å². The SMILES string of the molecule is CNC(=O)[C@@H](NC(=O)C(F)(F)F)C(C)(C)C. The summed E-state index contributed by atoms with van der Waals surface area (Å²) in [6, 6.07) is -1.23. The molecule has 0 aliphatic carbocycles. The van der Waals surface area contributed by atoms with E-state index in [2.05, 4.69) is 5.32 Å². The van der Waals surface area contributed by atoms with E-state index in [1.165, 1.54) is 7.05 Å². The van der Waals surface area contributed by atoms with Crippen molar-refractivity contribution in [3.63, 3.8) is 0 Å². The Kier molecular flexibility index (Phi) is 4.34. The van der Waals surface area contributed by atoms with Crippen molar-refractivity contribution in [2.75, 3.05) is 7.05 Å². The maximum Gasteiger partial charge on any atom is 0.471 e. The first-order valence-corrected chi connectivity index (χ1v) is 4.59. The second kappa shape index (κ2) is 4.71. The van der Waals surface area contributed by atoms with E-state index in [4.69, 9.17) is 0 Å². The zero-order valence-corrected chi connectivity index (χ0v) is 9.53. The van der Waals surface area contributed by atoms with E-state index >= 15 is 0 Å². The van der Waals surface area contributed by atoms with E-state index in [9.17, 15) is 22.8 Å². The van der Waals surface area contributed by atoms with Gasteiger partial charge < -0.3 is 10.6 Å². The van der Waals surface area contributed by atoms with Crippen molar-refractivity contribution >= 4 is 11.8 Å². The highest BCUT2D eigenvalue weighted by molar-refractivity contribution is 5.90. The molecule has 0 aromatic rings. The second-order valence-electron chi connectivity index (χ2n) is 4.38. The van der Waals surface area contributed by atoms with Crippen LogP contribution < -0.4 is 10.6 Å². The van der Waals surface area contributed by atoms with Crippen LogP contribution in [0.15, 0.2) is 0 Å². The normalized spacial score (nSPS) is 14.2. The third-order valence-electron chi connectivity index (χ3n) is 1.91. The summed E-state index contributed by atoms with van der Waals surface area (Å²) in [6.07, 6.45) is -4.99. The minimum absolute atomic E-state index is 0.662. The second-order valence-corrected chi connectivity index (χ2v) is 4.38. The van der Waals surface area contributed by atoms with Crippen LogP contribution in [0.3, 0.4) is 0 Å². The molecule has 4 nitrogen and oxygen atoms in total. The number of carbonyl (C=O) groups excluding carboxylic acids is 2. The van der Waals surface area contributed by atoms with Crippen LogP contribution in [0.4, 0.5) is 13.2 Å². The molecule has 0 rings (SSSR count). The zero-order chi connectivity index (χ0) is 13.1. The highest BCUT2D eigenvalue weighted by Crippen LogP contribution is 2.22. The topological polar surface area (TPSA) is 58.2 Å². The predicted octanol–water partition coefficient (Wildman–Crippen LogP) is 0.826. The molecule has 0 radical (unpaired) electrons. The van der Waals surface area contributed by atoms with Gasteiger partial charge in [-0.25, -0.2) is 0 Å². The van der Waals surface area contributed by atoms with Crippen molar-refractivity contribution in [2.24, 2.45) is 5.41 Å². The zero-order valence-electron chi connectivity index (χ0n) is 9.53. The fraction of sp³-hybridized carbons (Fsp3) is 0.778. The van der Waals surface area contributed by atoms with Gasteiger partial charge in [0.2, 0.25) is 5.91 Å². The number of likely N-dealkylation sites (N-methyl/N-ethyl adjacent to an activating group) is 1. The molecule has 0 aromatic heterocycles. The van der Waals surface area contributed by atoms with Gasteiger partial charge in [-0.2, -0.15) is 13.2 Å². The molecule has 7 heteroatoms. The molecule has 0 saturated heterocycles. The average molecular weight is 240 g/mol. The van der Waals surface area contributed by atoms with E-state index in [0.717, 1.165) is 0 Å². The summed E-state index contributed by atoms with van der Waals surface area (Å²) in [4.78, 5) is 22.1. The lowest BCUT2D eigenvalue weighted by Crippen LogP contribution is -2.55. The highest BCUT2D eigenvalue weighted by atomic mass is 19.4. The maximum absolute atomic E-state index is 12.0. The molecule has 0 saturated carbocycles. The molecule has 94 valence electrons. The van der Waals surface area contributed by atoms with Crippen LogP contribution in [0.5, 0.6) is 0 Å². The lowest BCUT2D eigenvalue weighted by Gasteiger charge is -2.30. The summed E-state index contributed by atoms with van der Waals surface area (Å²) in [7, 11) is 1.29. The van der Waals surface area contributed by atoms with Gasteiger partial charge in [-0.1, -0.05) is 20.8 Å². The Labute approximate surface area is 91.6 Å². The number of carbonyl (C=O) groups is 2. The molecule has 0 aromatic carbocycles. The van der Waals surface area contributed by atoms with Crippen molar-refractivity contribution in [3.05, 3.63) is 0 Å². The largest absolute Gasteiger partial charge is 0.471 e. The van der Waals surface area contributed by atoms with Crippen molar-refractivity contribution in [1.29, 1.82) is 0 Å². The lowest BCUT2D eigenvalue weighted by atomic mass is 9.86. The van der Waals surface area contributed by atoms with Crippen molar-refractivity contribution < 1.29 is 22.8 Å². The molecular weight excluding hydrogens is 225 g/mol. The fourth-order valence-electron chi connectivity index (χ4n) is 1.03. The molecule has 2 N–H and O–H groups in total. The van der Waals surface area contributed by atoms with Crippen molar-refractivity contribution in [3.8, 4) is 0 Å². The minimum Gasteiger partial charge on any atom is -0.357 e. The Morgan fingerprint density at radius 1 is 1.12 bits per heavy atom. The maximum atomic E-state index is 12.0. The van der Waals surface area contributed by atoms with Crippen LogP contribution in [0, 0.1) is 5.41 Å². The number of rotatable bonds is 2. The summed E-state index contributed by atoms with van der Waals surface area (Å²) in [5.41, 5.74) is -0.805. The van der Waals surface area contributed by atoms with E-state index in [1.807, 2.05) is 0 Å². The third-order valence-corrected chi connectivity index (χ3v) is 1.91. The molecule has 0 heterocycles. The van der Waals surface area contributed by atoms with Gasteiger partial charge in [0.05, 0.1) is 0 Å². The van der Waals surface area contributed by atoms with Gasteiger partial charge in [-0.05, 0) is 5.41 Å². The molecule has 0 aliphatic heterocycles. The van der Waals surface area contributed by atoms with Crippen molar-refractivity contribution in [1.82, 2.24) is 10.6 Å². The first kappa shape index (κ1) is 14.7. The van der Waals surface area contributed by atoms with Gasteiger partial charge in [0.15, 0.2) is 0 Å². The Hall–Kier alpha value is -1.27. The number of hydrogen-bond donors (Lipinski definition) is 2. The molecule has 1 atom stereocenters. The monoisotopic (exact) mass is 240 g/mol. The average Bonchev–Trinajstić information content (AvgIpc) is 2.09. The van der Waals surface area contributed by atoms with E-state index < -0.39 is 29.4 Å².